The Hall–Kier alpha value is -1.99. The van der Waals surface area contributed by atoms with Crippen molar-refractivity contribution in [1.29, 1.82) is 5.26 Å². The minimum atomic E-state index is 0.563. The van der Waals surface area contributed by atoms with Crippen LogP contribution in [0.5, 0.6) is 0 Å². The number of hydrogen-bond donors (Lipinski definition) is 0. The first-order chi connectivity index (χ1) is 10.2. The third-order valence-corrected chi connectivity index (χ3v) is 4.35. The van der Waals surface area contributed by atoms with E-state index < -0.39 is 0 Å². The van der Waals surface area contributed by atoms with Gasteiger partial charge in [0.05, 0.1) is 17.4 Å². The molecular formula is C16H17ClN4. The van der Waals surface area contributed by atoms with Gasteiger partial charge in [-0.3, -0.25) is 4.68 Å². The van der Waals surface area contributed by atoms with Gasteiger partial charge in [-0.1, -0.05) is 11.6 Å². The fraction of sp³-hybridized carbons (Fsp3) is 0.375. The Labute approximate surface area is 129 Å². The van der Waals surface area contributed by atoms with Gasteiger partial charge in [0.1, 0.15) is 6.07 Å². The quantitative estimate of drug-likeness (QED) is 0.854. The molecule has 0 saturated carbocycles. The fourth-order valence-electron chi connectivity index (χ4n) is 2.98. The zero-order valence-electron chi connectivity index (χ0n) is 12.0. The third kappa shape index (κ3) is 2.88. The normalized spacial score (nSPS) is 16.0. The molecule has 2 heterocycles. The van der Waals surface area contributed by atoms with Crippen LogP contribution >= 0.6 is 11.6 Å². The molecule has 1 saturated heterocycles. The molecule has 0 N–H and O–H groups in total. The molecule has 1 aromatic carbocycles. The predicted molar refractivity (Wildman–Crippen MR) is 83.6 cm³/mol. The number of benzene rings is 1. The molecule has 0 unspecified atom stereocenters. The topological polar surface area (TPSA) is 44.9 Å². The van der Waals surface area contributed by atoms with Gasteiger partial charge < -0.3 is 4.90 Å². The van der Waals surface area contributed by atoms with Crippen molar-refractivity contribution in [2.75, 3.05) is 18.0 Å². The van der Waals surface area contributed by atoms with Crippen molar-refractivity contribution in [3.8, 4) is 6.07 Å². The summed E-state index contributed by atoms with van der Waals surface area (Å²) in [6.07, 6.45) is 6.23. The van der Waals surface area contributed by atoms with Crippen LogP contribution in [0.1, 0.15) is 29.9 Å². The summed E-state index contributed by atoms with van der Waals surface area (Å²) in [5.41, 5.74) is 2.96. The largest absolute Gasteiger partial charge is 0.370 e. The van der Waals surface area contributed by atoms with Gasteiger partial charge >= 0.3 is 0 Å². The lowest BCUT2D eigenvalue weighted by atomic mass is 9.91. The molecule has 1 aliphatic heterocycles. The Kier molecular flexibility index (Phi) is 3.85. The summed E-state index contributed by atoms with van der Waals surface area (Å²) in [5, 5.41) is 14.1. The highest BCUT2D eigenvalue weighted by Crippen LogP contribution is 2.32. The van der Waals surface area contributed by atoms with Crippen LogP contribution in [-0.2, 0) is 7.05 Å². The Morgan fingerprint density at radius 3 is 2.71 bits per heavy atom. The van der Waals surface area contributed by atoms with Gasteiger partial charge in [-0.05, 0) is 42.5 Å². The Morgan fingerprint density at radius 1 is 1.33 bits per heavy atom. The van der Waals surface area contributed by atoms with Crippen LogP contribution in [0.4, 0.5) is 5.69 Å². The number of nitriles is 1. The predicted octanol–water partition coefficient (Wildman–Crippen LogP) is 3.33. The summed E-state index contributed by atoms with van der Waals surface area (Å²) in [7, 11) is 1.95. The van der Waals surface area contributed by atoms with Crippen molar-refractivity contribution in [2.24, 2.45) is 7.05 Å². The highest BCUT2D eigenvalue weighted by Gasteiger charge is 2.23. The van der Waals surface area contributed by atoms with Crippen LogP contribution in [0.25, 0.3) is 0 Å². The lowest BCUT2D eigenvalue weighted by molar-refractivity contribution is 0.505. The zero-order chi connectivity index (χ0) is 14.8. The second-order valence-electron chi connectivity index (χ2n) is 5.48. The molecule has 1 aromatic heterocycles. The van der Waals surface area contributed by atoms with E-state index >= 15 is 0 Å². The van der Waals surface area contributed by atoms with E-state index in [0.29, 0.717) is 16.5 Å². The van der Waals surface area contributed by atoms with Crippen LogP contribution < -0.4 is 4.90 Å². The molecule has 2 aromatic rings. The van der Waals surface area contributed by atoms with Crippen LogP contribution in [0.15, 0.2) is 30.6 Å². The van der Waals surface area contributed by atoms with E-state index in [2.05, 4.69) is 22.3 Å². The fourth-order valence-corrected chi connectivity index (χ4v) is 3.15. The van der Waals surface area contributed by atoms with Crippen molar-refractivity contribution in [1.82, 2.24) is 9.78 Å². The Morgan fingerprint density at radius 2 is 2.10 bits per heavy atom. The molecule has 21 heavy (non-hydrogen) atoms. The number of hydrogen-bond acceptors (Lipinski definition) is 3. The van der Waals surface area contributed by atoms with Crippen molar-refractivity contribution in [2.45, 2.75) is 18.8 Å². The first kappa shape index (κ1) is 14.0. The second kappa shape index (κ2) is 5.79. The summed E-state index contributed by atoms with van der Waals surface area (Å²) in [6.45, 7) is 1.91. The molecule has 0 spiro atoms. The molecule has 0 bridgehead atoms. The molecular weight excluding hydrogens is 284 g/mol. The maximum absolute atomic E-state index is 9.26. The molecule has 3 rings (SSSR count). The molecule has 108 valence electrons. The van der Waals surface area contributed by atoms with E-state index in [1.165, 1.54) is 5.56 Å². The summed E-state index contributed by atoms with van der Waals surface area (Å²) in [4.78, 5) is 2.28. The van der Waals surface area contributed by atoms with E-state index in [0.717, 1.165) is 31.6 Å². The monoisotopic (exact) mass is 300 g/mol. The van der Waals surface area contributed by atoms with Crippen molar-refractivity contribution in [3.63, 3.8) is 0 Å². The van der Waals surface area contributed by atoms with Gasteiger partial charge in [0, 0.05) is 31.4 Å². The molecule has 4 nitrogen and oxygen atoms in total. The Balaban J connectivity index is 1.73. The maximum Gasteiger partial charge on any atom is 0.101 e. The van der Waals surface area contributed by atoms with Gasteiger partial charge in [0.25, 0.3) is 0 Å². The maximum atomic E-state index is 9.26. The second-order valence-corrected chi connectivity index (χ2v) is 5.92. The highest BCUT2D eigenvalue weighted by molar-refractivity contribution is 6.30. The number of anilines is 1. The van der Waals surface area contributed by atoms with E-state index in [9.17, 15) is 5.26 Å². The summed E-state index contributed by atoms with van der Waals surface area (Å²) >= 11 is 5.96. The zero-order valence-corrected chi connectivity index (χ0v) is 12.7. The standard InChI is InChI=1S/C16H17ClN4/c1-20-11-14(10-19-20)12-4-6-21(7-5-12)16-3-2-15(17)8-13(16)9-18/h2-3,8,10-12H,4-7H2,1H3. The van der Waals surface area contributed by atoms with Gasteiger partial charge in [0.15, 0.2) is 0 Å². The Bertz CT molecular complexity index is 678. The van der Waals surface area contributed by atoms with E-state index in [4.69, 9.17) is 11.6 Å². The van der Waals surface area contributed by atoms with Crippen LogP contribution in [0.2, 0.25) is 5.02 Å². The molecule has 0 amide bonds. The molecule has 5 heteroatoms. The lowest BCUT2D eigenvalue weighted by Crippen LogP contribution is -2.33. The third-order valence-electron chi connectivity index (χ3n) is 4.11. The molecule has 1 fully saturated rings. The summed E-state index contributed by atoms with van der Waals surface area (Å²) in [6, 6.07) is 7.78. The number of piperidine rings is 1. The van der Waals surface area contributed by atoms with Gasteiger partial charge in [-0.15, -0.1) is 0 Å². The minimum Gasteiger partial charge on any atom is -0.370 e. The average molecular weight is 301 g/mol. The number of aromatic nitrogens is 2. The van der Waals surface area contributed by atoms with Gasteiger partial charge in [-0.25, -0.2) is 0 Å². The van der Waals surface area contributed by atoms with Crippen molar-refractivity contribution >= 4 is 17.3 Å². The number of aryl methyl sites for hydroxylation is 1. The van der Waals surface area contributed by atoms with Crippen molar-refractivity contribution < 1.29 is 0 Å². The average Bonchev–Trinajstić information content (AvgIpc) is 2.94. The minimum absolute atomic E-state index is 0.563. The van der Waals surface area contributed by atoms with Crippen molar-refractivity contribution in [3.05, 3.63) is 46.7 Å². The summed E-state index contributed by atoms with van der Waals surface area (Å²) in [5.74, 6) is 0.563. The van der Waals surface area contributed by atoms with E-state index in [1.54, 1.807) is 6.07 Å². The highest BCUT2D eigenvalue weighted by atomic mass is 35.5. The summed E-state index contributed by atoms with van der Waals surface area (Å²) < 4.78 is 1.86. The van der Waals surface area contributed by atoms with Crippen LogP contribution in [0, 0.1) is 11.3 Å². The van der Waals surface area contributed by atoms with Crippen LogP contribution in [0.3, 0.4) is 0 Å². The smallest absolute Gasteiger partial charge is 0.101 e. The number of nitrogens with zero attached hydrogens (tertiary/aromatic N) is 4. The molecule has 0 atom stereocenters. The first-order valence-corrected chi connectivity index (χ1v) is 7.48. The van der Waals surface area contributed by atoms with Crippen LogP contribution in [-0.4, -0.2) is 22.9 Å². The first-order valence-electron chi connectivity index (χ1n) is 7.10. The molecule has 0 aliphatic carbocycles. The number of halogens is 1. The lowest BCUT2D eigenvalue weighted by Gasteiger charge is -2.33. The number of rotatable bonds is 2. The van der Waals surface area contributed by atoms with Gasteiger partial charge in [-0.2, -0.15) is 10.4 Å². The van der Waals surface area contributed by atoms with Gasteiger partial charge in [0.2, 0.25) is 0 Å². The SMILES string of the molecule is Cn1cc(C2CCN(c3ccc(Cl)cc3C#N)CC2)cn1. The molecule has 0 radical (unpaired) electrons. The van der Waals surface area contributed by atoms with E-state index in [1.807, 2.05) is 30.1 Å². The molecule has 1 aliphatic rings. The van der Waals surface area contributed by atoms with E-state index in [-0.39, 0.29) is 0 Å².